The summed E-state index contributed by atoms with van der Waals surface area (Å²) in [6.45, 7) is 5.56. The van der Waals surface area contributed by atoms with Gasteiger partial charge < -0.3 is 0 Å². The van der Waals surface area contributed by atoms with Crippen LogP contribution in [0.5, 0.6) is 0 Å². The van der Waals surface area contributed by atoms with Crippen LogP contribution in [0.2, 0.25) is 0 Å². The van der Waals surface area contributed by atoms with Crippen molar-refractivity contribution in [1.29, 1.82) is 0 Å². The molecule has 6 nitrogen and oxygen atoms in total. The van der Waals surface area contributed by atoms with E-state index in [0.717, 1.165) is 21.3 Å². The second-order valence-electron chi connectivity index (χ2n) is 7.84. The molecule has 2 aromatic carbocycles. The molecule has 0 aliphatic heterocycles. The first-order valence-electron chi connectivity index (χ1n) is 10.2. The van der Waals surface area contributed by atoms with E-state index in [2.05, 4.69) is 9.97 Å². The highest BCUT2D eigenvalue weighted by atomic mass is 32.2. The van der Waals surface area contributed by atoms with E-state index < -0.39 is 15.1 Å². The maximum atomic E-state index is 13.6. The molecule has 0 spiro atoms. The zero-order valence-electron chi connectivity index (χ0n) is 18.0. The van der Waals surface area contributed by atoms with Gasteiger partial charge in [0.15, 0.2) is 15.0 Å². The van der Waals surface area contributed by atoms with Crippen LogP contribution in [0.4, 0.5) is 5.13 Å². The molecule has 0 fully saturated rings. The molecule has 0 saturated heterocycles. The maximum absolute atomic E-state index is 13.6. The number of nitrogens with zero attached hydrogens (tertiary/aromatic N) is 3. The van der Waals surface area contributed by atoms with E-state index in [1.807, 2.05) is 37.3 Å². The molecule has 32 heavy (non-hydrogen) atoms. The highest BCUT2D eigenvalue weighted by Crippen LogP contribution is 2.32. The zero-order valence-corrected chi connectivity index (χ0v) is 19.7. The molecule has 164 valence electrons. The van der Waals surface area contributed by atoms with Gasteiger partial charge in [0.05, 0.1) is 26.9 Å². The highest BCUT2D eigenvalue weighted by molar-refractivity contribution is 7.92. The average molecular weight is 466 g/mol. The van der Waals surface area contributed by atoms with Crippen molar-refractivity contribution >= 4 is 42.4 Å². The summed E-state index contributed by atoms with van der Waals surface area (Å²) in [4.78, 5) is 24.1. The van der Waals surface area contributed by atoms with Crippen LogP contribution in [0.1, 0.15) is 35.3 Å². The van der Waals surface area contributed by atoms with Gasteiger partial charge in [0.2, 0.25) is 0 Å². The molecule has 2 heterocycles. The van der Waals surface area contributed by atoms with Gasteiger partial charge in [-0.1, -0.05) is 23.5 Å². The summed E-state index contributed by atoms with van der Waals surface area (Å²) >= 11 is 1.44. The van der Waals surface area contributed by atoms with Crippen molar-refractivity contribution in [2.45, 2.75) is 37.5 Å². The van der Waals surface area contributed by atoms with Crippen LogP contribution in [0.25, 0.3) is 10.2 Å². The lowest BCUT2D eigenvalue weighted by molar-refractivity contribution is 0.0985. The fourth-order valence-corrected chi connectivity index (χ4v) is 5.43. The molecule has 0 bridgehead atoms. The number of pyridine rings is 1. The molecule has 4 aromatic rings. The number of amides is 1. The molecule has 0 radical (unpaired) electrons. The summed E-state index contributed by atoms with van der Waals surface area (Å²) in [6.07, 6.45) is 3.35. The molecule has 0 aliphatic carbocycles. The number of carbonyl (C=O) groups is 1. The number of hydrogen-bond acceptors (Lipinski definition) is 6. The minimum absolute atomic E-state index is 0.141. The van der Waals surface area contributed by atoms with Crippen LogP contribution >= 0.6 is 11.3 Å². The number of aromatic nitrogens is 2. The number of hydrogen-bond donors (Lipinski definition) is 0. The predicted octanol–water partition coefficient (Wildman–Crippen LogP) is 5.03. The first-order chi connectivity index (χ1) is 15.3. The van der Waals surface area contributed by atoms with E-state index in [4.69, 9.17) is 0 Å². The van der Waals surface area contributed by atoms with Gasteiger partial charge in [-0.3, -0.25) is 14.7 Å². The normalized spacial score (nSPS) is 11.8. The Labute approximate surface area is 191 Å². The number of carbonyl (C=O) groups excluding carboxylic acids is 1. The quantitative estimate of drug-likeness (QED) is 0.399. The standard InChI is InChI=1S/C24H23N3O3S2/c1-16(2)32(29,30)20-6-4-5-19(14-20)23(28)27(15-18-9-11-25-12-10-18)24-26-21-8-7-17(3)13-22(21)31-24/h4-14,16H,15H2,1-3H3. The third-order valence-corrected chi connectivity index (χ3v) is 8.32. The summed E-state index contributed by atoms with van der Waals surface area (Å²) < 4.78 is 26.3. The Morgan fingerprint density at radius 1 is 1.06 bits per heavy atom. The van der Waals surface area contributed by atoms with Crippen LogP contribution < -0.4 is 4.90 Å². The van der Waals surface area contributed by atoms with Crippen molar-refractivity contribution in [2.24, 2.45) is 0 Å². The molecule has 0 saturated carbocycles. The van der Waals surface area contributed by atoms with Crippen molar-refractivity contribution in [2.75, 3.05) is 4.90 Å². The smallest absolute Gasteiger partial charge is 0.260 e. The number of anilines is 1. The average Bonchev–Trinajstić information content (AvgIpc) is 3.20. The molecule has 0 atom stereocenters. The summed E-state index contributed by atoms with van der Waals surface area (Å²) in [5.74, 6) is -0.307. The molecule has 0 N–H and O–H groups in total. The van der Waals surface area contributed by atoms with Crippen molar-refractivity contribution in [1.82, 2.24) is 9.97 Å². The second kappa shape index (κ2) is 8.80. The van der Waals surface area contributed by atoms with Gasteiger partial charge in [0, 0.05) is 18.0 Å². The molecular formula is C24H23N3O3S2. The Balaban J connectivity index is 1.78. The molecular weight excluding hydrogens is 442 g/mol. The van der Waals surface area contributed by atoms with Crippen LogP contribution in [-0.4, -0.2) is 29.5 Å². The summed E-state index contributed by atoms with van der Waals surface area (Å²) in [5, 5.41) is -0.0159. The second-order valence-corrected chi connectivity index (χ2v) is 11.3. The van der Waals surface area contributed by atoms with E-state index in [1.165, 1.54) is 23.5 Å². The Morgan fingerprint density at radius 3 is 2.53 bits per heavy atom. The third kappa shape index (κ3) is 4.42. The van der Waals surface area contributed by atoms with Crippen LogP contribution in [0, 0.1) is 6.92 Å². The lowest BCUT2D eigenvalue weighted by atomic mass is 10.2. The van der Waals surface area contributed by atoms with E-state index >= 15 is 0 Å². The van der Waals surface area contributed by atoms with Gasteiger partial charge in [0.1, 0.15) is 0 Å². The van der Waals surface area contributed by atoms with Crippen LogP contribution in [0.3, 0.4) is 0 Å². The molecule has 0 unspecified atom stereocenters. The SMILES string of the molecule is Cc1ccc2nc(N(Cc3ccncc3)C(=O)c3cccc(S(=O)(=O)C(C)C)c3)sc2c1. The summed E-state index contributed by atoms with van der Waals surface area (Å²) in [7, 11) is -3.50. The van der Waals surface area contributed by atoms with Gasteiger partial charge in [0.25, 0.3) is 5.91 Å². The first kappa shape index (κ1) is 22.1. The topological polar surface area (TPSA) is 80.2 Å². The maximum Gasteiger partial charge on any atom is 0.260 e. The lowest BCUT2D eigenvalue weighted by Gasteiger charge is -2.20. The number of rotatable bonds is 6. The fourth-order valence-electron chi connectivity index (χ4n) is 3.27. The van der Waals surface area contributed by atoms with E-state index in [9.17, 15) is 13.2 Å². The number of thiazole rings is 1. The van der Waals surface area contributed by atoms with Crippen LogP contribution in [0.15, 0.2) is 71.9 Å². The summed E-state index contributed by atoms with van der Waals surface area (Å²) in [5.41, 5.74) is 3.14. The monoisotopic (exact) mass is 465 g/mol. The molecule has 8 heteroatoms. The van der Waals surface area contributed by atoms with Gasteiger partial charge >= 0.3 is 0 Å². The Morgan fingerprint density at radius 2 is 1.81 bits per heavy atom. The lowest BCUT2D eigenvalue weighted by Crippen LogP contribution is -2.30. The molecule has 0 aliphatic rings. The van der Waals surface area contributed by atoms with Crippen molar-refractivity contribution in [3.05, 3.63) is 83.7 Å². The van der Waals surface area contributed by atoms with Crippen molar-refractivity contribution in [3.8, 4) is 0 Å². The van der Waals surface area contributed by atoms with E-state index in [-0.39, 0.29) is 10.8 Å². The highest BCUT2D eigenvalue weighted by Gasteiger charge is 2.25. The van der Waals surface area contributed by atoms with Gasteiger partial charge in [-0.05, 0) is 74.4 Å². The van der Waals surface area contributed by atoms with Crippen LogP contribution in [-0.2, 0) is 16.4 Å². The van der Waals surface area contributed by atoms with Gasteiger partial charge in [-0.2, -0.15) is 0 Å². The molecule has 2 aromatic heterocycles. The Kier molecular flexibility index (Phi) is 6.08. The minimum atomic E-state index is -3.50. The van der Waals surface area contributed by atoms with Crippen molar-refractivity contribution < 1.29 is 13.2 Å². The number of fused-ring (bicyclic) bond motifs is 1. The van der Waals surface area contributed by atoms with Gasteiger partial charge in [-0.25, -0.2) is 13.4 Å². The zero-order chi connectivity index (χ0) is 22.9. The van der Waals surface area contributed by atoms with Crippen molar-refractivity contribution in [3.63, 3.8) is 0 Å². The number of aryl methyl sites for hydroxylation is 1. The molecule has 1 amide bonds. The summed E-state index contributed by atoms with van der Waals surface area (Å²) in [6, 6.07) is 15.9. The minimum Gasteiger partial charge on any atom is -0.279 e. The van der Waals surface area contributed by atoms with E-state index in [0.29, 0.717) is 17.2 Å². The first-order valence-corrected chi connectivity index (χ1v) is 12.5. The number of sulfone groups is 1. The predicted molar refractivity (Wildman–Crippen MR) is 128 cm³/mol. The Hall–Kier alpha value is -3.10. The number of benzene rings is 2. The van der Waals surface area contributed by atoms with Gasteiger partial charge in [-0.15, -0.1) is 0 Å². The third-order valence-electron chi connectivity index (χ3n) is 5.13. The Bertz CT molecular complexity index is 1380. The van der Waals surface area contributed by atoms with E-state index in [1.54, 1.807) is 43.3 Å². The largest absolute Gasteiger partial charge is 0.279 e. The molecule has 4 rings (SSSR count). The fraction of sp³-hybridized carbons (Fsp3) is 0.208.